The zero-order valence-corrected chi connectivity index (χ0v) is 11.9. The second-order valence-corrected chi connectivity index (χ2v) is 5.55. The molecule has 0 aliphatic carbocycles. The van der Waals surface area contributed by atoms with Crippen LogP contribution >= 0.6 is 15.9 Å². The minimum absolute atomic E-state index is 0.121. The Morgan fingerprint density at radius 3 is 2.89 bits per heavy atom. The molecule has 3 rings (SSSR count). The molecule has 1 aliphatic heterocycles. The standard InChI is InChI=1S/C14H14BrN3O/c15-12-3-9-1-2-19-14(9)10(4-12)5-13(16)11-6-17-8-18-7-11/h3-4,6-8,13H,1-2,5,16H2. The van der Waals surface area contributed by atoms with Gasteiger partial charge in [0.15, 0.2) is 0 Å². The van der Waals surface area contributed by atoms with E-state index in [0.29, 0.717) is 0 Å². The van der Waals surface area contributed by atoms with Crippen LogP contribution in [0, 0.1) is 0 Å². The quantitative estimate of drug-likeness (QED) is 0.943. The summed E-state index contributed by atoms with van der Waals surface area (Å²) in [4.78, 5) is 8.01. The maximum Gasteiger partial charge on any atom is 0.125 e. The maximum absolute atomic E-state index is 6.22. The van der Waals surface area contributed by atoms with Gasteiger partial charge in [0.25, 0.3) is 0 Å². The molecule has 1 aliphatic rings. The van der Waals surface area contributed by atoms with Gasteiger partial charge in [-0.05, 0) is 29.7 Å². The Morgan fingerprint density at radius 1 is 1.32 bits per heavy atom. The summed E-state index contributed by atoms with van der Waals surface area (Å²) < 4.78 is 6.79. The SMILES string of the molecule is NC(Cc1cc(Br)cc2c1OCC2)c1cncnc1. The Morgan fingerprint density at radius 2 is 2.11 bits per heavy atom. The molecule has 2 N–H and O–H groups in total. The summed E-state index contributed by atoms with van der Waals surface area (Å²) in [6, 6.07) is 4.07. The van der Waals surface area contributed by atoms with Gasteiger partial charge in [0.2, 0.25) is 0 Å². The lowest BCUT2D eigenvalue weighted by Gasteiger charge is -2.14. The molecule has 98 valence electrons. The van der Waals surface area contributed by atoms with E-state index in [-0.39, 0.29) is 6.04 Å². The Labute approximate surface area is 120 Å². The third-order valence-electron chi connectivity index (χ3n) is 3.27. The van der Waals surface area contributed by atoms with Gasteiger partial charge in [-0.25, -0.2) is 9.97 Å². The molecule has 0 radical (unpaired) electrons. The third kappa shape index (κ3) is 2.62. The fraction of sp³-hybridized carbons (Fsp3) is 0.286. The van der Waals surface area contributed by atoms with Crippen LogP contribution in [-0.4, -0.2) is 16.6 Å². The van der Waals surface area contributed by atoms with Gasteiger partial charge in [-0.1, -0.05) is 15.9 Å². The van der Waals surface area contributed by atoms with E-state index in [1.807, 2.05) is 0 Å². The number of rotatable bonds is 3. The van der Waals surface area contributed by atoms with Gasteiger partial charge in [0, 0.05) is 34.9 Å². The number of hydrogen-bond donors (Lipinski definition) is 1. The molecular weight excluding hydrogens is 306 g/mol. The number of benzene rings is 1. The zero-order valence-electron chi connectivity index (χ0n) is 10.3. The van der Waals surface area contributed by atoms with Gasteiger partial charge in [0.05, 0.1) is 6.61 Å². The van der Waals surface area contributed by atoms with E-state index in [1.165, 1.54) is 11.9 Å². The number of aromatic nitrogens is 2. The van der Waals surface area contributed by atoms with E-state index in [0.717, 1.165) is 40.8 Å². The highest BCUT2D eigenvalue weighted by Crippen LogP contribution is 2.34. The largest absolute Gasteiger partial charge is 0.493 e. The summed E-state index contributed by atoms with van der Waals surface area (Å²) in [6.45, 7) is 0.752. The Kier molecular flexibility index (Phi) is 3.48. The second-order valence-electron chi connectivity index (χ2n) is 4.63. The third-order valence-corrected chi connectivity index (χ3v) is 3.73. The van der Waals surface area contributed by atoms with Crippen molar-refractivity contribution >= 4 is 15.9 Å². The number of hydrogen-bond acceptors (Lipinski definition) is 4. The van der Waals surface area contributed by atoms with Crippen LogP contribution in [0.2, 0.25) is 0 Å². The molecule has 0 amide bonds. The molecule has 1 aromatic heterocycles. The smallest absolute Gasteiger partial charge is 0.125 e. The average Bonchev–Trinajstić information content (AvgIpc) is 2.88. The minimum Gasteiger partial charge on any atom is -0.493 e. The van der Waals surface area contributed by atoms with Crippen LogP contribution in [0.3, 0.4) is 0 Å². The zero-order chi connectivity index (χ0) is 13.2. The molecule has 0 saturated carbocycles. The van der Waals surface area contributed by atoms with Crippen molar-refractivity contribution in [3.05, 3.63) is 52.0 Å². The van der Waals surface area contributed by atoms with Crippen molar-refractivity contribution in [2.45, 2.75) is 18.9 Å². The van der Waals surface area contributed by atoms with Gasteiger partial charge in [-0.15, -0.1) is 0 Å². The van der Waals surface area contributed by atoms with Gasteiger partial charge >= 0.3 is 0 Å². The van der Waals surface area contributed by atoms with Crippen LogP contribution in [0.4, 0.5) is 0 Å². The van der Waals surface area contributed by atoms with Crippen molar-refractivity contribution in [3.63, 3.8) is 0 Å². The molecule has 0 bridgehead atoms. The first kappa shape index (κ1) is 12.6. The van der Waals surface area contributed by atoms with Gasteiger partial charge in [-0.3, -0.25) is 0 Å². The topological polar surface area (TPSA) is 61.0 Å². The lowest BCUT2D eigenvalue weighted by molar-refractivity contribution is 0.352. The molecule has 1 atom stereocenters. The van der Waals surface area contributed by atoms with Gasteiger partial charge in [-0.2, -0.15) is 0 Å². The highest BCUT2D eigenvalue weighted by Gasteiger charge is 2.19. The van der Waals surface area contributed by atoms with E-state index in [9.17, 15) is 0 Å². The van der Waals surface area contributed by atoms with Gasteiger partial charge in [0.1, 0.15) is 12.1 Å². The Balaban J connectivity index is 1.88. The molecule has 19 heavy (non-hydrogen) atoms. The molecule has 4 nitrogen and oxygen atoms in total. The lowest BCUT2D eigenvalue weighted by Crippen LogP contribution is -2.14. The summed E-state index contributed by atoms with van der Waals surface area (Å²) in [5.74, 6) is 0.996. The number of fused-ring (bicyclic) bond motifs is 1. The highest BCUT2D eigenvalue weighted by molar-refractivity contribution is 9.10. The van der Waals surface area contributed by atoms with Crippen LogP contribution in [0.25, 0.3) is 0 Å². The summed E-state index contributed by atoms with van der Waals surface area (Å²) in [5, 5.41) is 0. The molecule has 1 unspecified atom stereocenters. The molecule has 5 heteroatoms. The summed E-state index contributed by atoms with van der Waals surface area (Å²) in [7, 11) is 0. The average molecular weight is 320 g/mol. The number of nitrogens with two attached hydrogens (primary N) is 1. The van der Waals surface area contributed by atoms with Crippen LogP contribution < -0.4 is 10.5 Å². The van der Waals surface area contributed by atoms with E-state index < -0.39 is 0 Å². The van der Waals surface area contributed by atoms with E-state index in [2.05, 4.69) is 38.0 Å². The summed E-state index contributed by atoms with van der Waals surface area (Å²) >= 11 is 3.54. The Bertz CT molecular complexity index is 589. The predicted molar refractivity (Wildman–Crippen MR) is 76.0 cm³/mol. The van der Waals surface area contributed by atoms with E-state index in [1.54, 1.807) is 12.4 Å². The number of ether oxygens (including phenoxy) is 1. The first-order valence-electron chi connectivity index (χ1n) is 6.18. The fourth-order valence-corrected chi connectivity index (χ4v) is 2.91. The molecular formula is C14H14BrN3O. The predicted octanol–water partition coefficient (Wildman–Crippen LogP) is 2.42. The van der Waals surface area contributed by atoms with Crippen molar-refractivity contribution in [1.29, 1.82) is 0 Å². The second kappa shape index (κ2) is 5.27. The first-order chi connectivity index (χ1) is 9.24. The first-order valence-corrected chi connectivity index (χ1v) is 6.98. The van der Waals surface area contributed by atoms with Crippen molar-refractivity contribution < 1.29 is 4.74 Å². The van der Waals surface area contributed by atoms with Crippen molar-refractivity contribution in [1.82, 2.24) is 9.97 Å². The maximum atomic E-state index is 6.22. The van der Waals surface area contributed by atoms with Crippen molar-refractivity contribution in [2.75, 3.05) is 6.61 Å². The van der Waals surface area contributed by atoms with Crippen LogP contribution in [0.5, 0.6) is 5.75 Å². The van der Waals surface area contributed by atoms with Crippen molar-refractivity contribution in [2.24, 2.45) is 5.73 Å². The minimum atomic E-state index is -0.121. The van der Waals surface area contributed by atoms with E-state index >= 15 is 0 Å². The molecule has 0 fully saturated rings. The van der Waals surface area contributed by atoms with Crippen molar-refractivity contribution in [3.8, 4) is 5.75 Å². The monoisotopic (exact) mass is 319 g/mol. The van der Waals surface area contributed by atoms with Crippen LogP contribution in [0.1, 0.15) is 22.7 Å². The van der Waals surface area contributed by atoms with Gasteiger partial charge < -0.3 is 10.5 Å². The Hall–Kier alpha value is -1.46. The van der Waals surface area contributed by atoms with Crippen LogP contribution in [-0.2, 0) is 12.8 Å². The molecule has 0 saturated heterocycles. The summed E-state index contributed by atoms with van der Waals surface area (Å²) in [5.41, 5.74) is 9.55. The molecule has 2 aromatic rings. The highest BCUT2D eigenvalue weighted by atomic mass is 79.9. The molecule has 0 spiro atoms. The molecule has 1 aromatic carbocycles. The summed E-state index contributed by atoms with van der Waals surface area (Å²) in [6.07, 6.45) is 6.71. The fourth-order valence-electron chi connectivity index (χ4n) is 2.35. The lowest BCUT2D eigenvalue weighted by atomic mass is 9.99. The number of halogens is 1. The molecule has 2 heterocycles. The van der Waals surface area contributed by atoms with E-state index in [4.69, 9.17) is 10.5 Å². The van der Waals surface area contributed by atoms with Crippen LogP contribution in [0.15, 0.2) is 35.3 Å². The normalized spacial score (nSPS) is 14.8. The number of nitrogens with zero attached hydrogens (tertiary/aromatic N) is 2.